The van der Waals surface area contributed by atoms with Crippen molar-refractivity contribution < 1.29 is 4.79 Å². The van der Waals surface area contributed by atoms with Crippen LogP contribution in [0, 0.1) is 6.92 Å². The number of carbonyl (C=O) groups is 1. The van der Waals surface area contributed by atoms with Crippen LogP contribution in [0.25, 0.3) is 11.3 Å². The van der Waals surface area contributed by atoms with Gasteiger partial charge in [-0.1, -0.05) is 58.4 Å². The van der Waals surface area contributed by atoms with Crippen LogP contribution < -0.4 is 5.32 Å². The van der Waals surface area contributed by atoms with E-state index in [0.717, 1.165) is 27.0 Å². The molecule has 1 heterocycles. The van der Waals surface area contributed by atoms with E-state index < -0.39 is 0 Å². The van der Waals surface area contributed by atoms with Crippen molar-refractivity contribution in [1.82, 2.24) is 9.88 Å². The SMILES string of the molecule is Cc1c(C(=O)NCc2cccc(Br)c2)cc(-c2ccccc2)n1C. The number of hydrogen-bond acceptors (Lipinski definition) is 1. The topological polar surface area (TPSA) is 34.0 Å². The van der Waals surface area contributed by atoms with Crippen molar-refractivity contribution in [2.24, 2.45) is 7.05 Å². The molecule has 0 unspecified atom stereocenters. The zero-order valence-corrected chi connectivity index (χ0v) is 15.3. The molecule has 1 aromatic heterocycles. The summed E-state index contributed by atoms with van der Waals surface area (Å²) in [5, 5.41) is 3.00. The van der Waals surface area contributed by atoms with Crippen LogP contribution in [0.3, 0.4) is 0 Å². The van der Waals surface area contributed by atoms with Gasteiger partial charge in [0.15, 0.2) is 0 Å². The summed E-state index contributed by atoms with van der Waals surface area (Å²) in [6, 6.07) is 20.0. The van der Waals surface area contributed by atoms with E-state index in [0.29, 0.717) is 12.1 Å². The number of rotatable bonds is 4. The number of nitrogens with one attached hydrogen (secondary N) is 1. The van der Waals surface area contributed by atoms with E-state index in [-0.39, 0.29) is 5.91 Å². The van der Waals surface area contributed by atoms with Gasteiger partial charge in [-0.05, 0) is 36.2 Å². The van der Waals surface area contributed by atoms with Gasteiger partial charge in [-0.3, -0.25) is 4.79 Å². The Morgan fingerprint density at radius 2 is 1.83 bits per heavy atom. The number of carbonyl (C=O) groups excluding carboxylic acids is 1. The van der Waals surface area contributed by atoms with E-state index in [2.05, 4.69) is 37.9 Å². The third-order valence-corrected chi connectivity index (χ3v) is 4.68. The number of aromatic nitrogens is 1. The predicted octanol–water partition coefficient (Wildman–Crippen LogP) is 4.69. The van der Waals surface area contributed by atoms with Crippen molar-refractivity contribution in [2.75, 3.05) is 0 Å². The molecule has 122 valence electrons. The molecule has 24 heavy (non-hydrogen) atoms. The van der Waals surface area contributed by atoms with Gasteiger partial charge >= 0.3 is 0 Å². The average Bonchev–Trinajstić information content (AvgIpc) is 2.89. The van der Waals surface area contributed by atoms with Crippen LogP contribution in [0.15, 0.2) is 65.1 Å². The second-order valence-corrected chi connectivity index (χ2v) is 6.68. The summed E-state index contributed by atoms with van der Waals surface area (Å²) >= 11 is 3.45. The number of amides is 1. The van der Waals surface area contributed by atoms with Gasteiger partial charge in [0.05, 0.1) is 5.56 Å². The largest absolute Gasteiger partial charge is 0.348 e. The van der Waals surface area contributed by atoms with E-state index >= 15 is 0 Å². The maximum absolute atomic E-state index is 12.6. The maximum Gasteiger partial charge on any atom is 0.253 e. The fourth-order valence-corrected chi connectivity index (χ4v) is 3.19. The summed E-state index contributed by atoms with van der Waals surface area (Å²) in [4.78, 5) is 12.6. The molecule has 2 aromatic carbocycles. The predicted molar refractivity (Wildman–Crippen MR) is 101 cm³/mol. The van der Waals surface area contributed by atoms with Crippen LogP contribution in [-0.4, -0.2) is 10.5 Å². The van der Waals surface area contributed by atoms with Gasteiger partial charge in [0.25, 0.3) is 5.91 Å². The second kappa shape index (κ2) is 7.05. The zero-order chi connectivity index (χ0) is 17.1. The number of benzene rings is 2. The van der Waals surface area contributed by atoms with E-state index in [1.165, 1.54) is 0 Å². The Kier molecular flexibility index (Phi) is 4.86. The van der Waals surface area contributed by atoms with Gasteiger partial charge in [0.1, 0.15) is 0 Å². The highest BCUT2D eigenvalue weighted by atomic mass is 79.9. The third-order valence-electron chi connectivity index (χ3n) is 4.19. The summed E-state index contributed by atoms with van der Waals surface area (Å²) in [5.74, 6) is -0.0507. The highest BCUT2D eigenvalue weighted by molar-refractivity contribution is 9.10. The van der Waals surface area contributed by atoms with Crippen LogP contribution in [-0.2, 0) is 13.6 Å². The minimum absolute atomic E-state index is 0.0507. The molecule has 0 saturated heterocycles. The van der Waals surface area contributed by atoms with Crippen LogP contribution >= 0.6 is 15.9 Å². The van der Waals surface area contributed by atoms with Crippen LogP contribution in [0.5, 0.6) is 0 Å². The van der Waals surface area contributed by atoms with Crippen molar-refractivity contribution in [3.63, 3.8) is 0 Å². The Bertz CT molecular complexity index is 869. The second-order valence-electron chi connectivity index (χ2n) is 5.77. The van der Waals surface area contributed by atoms with Crippen molar-refractivity contribution in [2.45, 2.75) is 13.5 Å². The first-order valence-corrected chi connectivity index (χ1v) is 8.60. The molecule has 0 saturated carbocycles. The number of halogens is 1. The zero-order valence-electron chi connectivity index (χ0n) is 13.7. The Hall–Kier alpha value is -2.33. The van der Waals surface area contributed by atoms with Gasteiger partial charge in [0.2, 0.25) is 0 Å². The van der Waals surface area contributed by atoms with Gasteiger partial charge in [-0.15, -0.1) is 0 Å². The quantitative estimate of drug-likeness (QED) is 0.697. The standard InChI is InChI=1S/C20H19BrN2O/c1-14-18(12-19(23(14)2)16-8-4-3-5-9-16)20(24)22-13-15-7-6-10-17(21)11-15/h3-12H,13H2,1-2H3,(H,22,24). The fourth-order valence-electron chi connectivity index (χ4n) is 2.74. The van der Waals surface area contributed by atoms with E-state index in [9.17, 15) is 4.79 Å². The lowest BCUT2D eigenvalue weighted by Gasteiger charge is -2.06. The monoisotopic (exact) mass is 382 g/mol. The maximum atomic E-state index is 12.6. The molecule has 0 fully saturated rings. The Morgan fingerprint density at radius 1 is 1.08 bits per heavy atom. The van der Waals surface area contributed by atoms with Crippen LogP contribution in [0.2, 0.25) is 0 Å². The molecule has 0 atom stereocenters. The van der Waals surface area contributed by atoms with Gasteiger partial charge in [0, 0.05) is 29.5 Å². The summed E-state index contributed by atoms with van der Waals surface area (Å²) in [6.07, 6.45) is 0. The molecular weight excluding hydrogens is 364 g/mol. The minimum atomic E-state index is -0.0507. The Labute approximate surface area is 150 Å². The highest BCUT2D eigenvalue weighted by Gasteiger charge is 2.16. The molecule has 3 rings (SSSR count). The minimum Gasteiger partial charge on any atom is -0.348 e. The lowest BCUT2D eigenvalue weighted by atomic mass is 10.1. The van der Waals surface area contributed by atoms with Gasteiger partial charge in [-0.25, -0.2) is 0 Å². The summed E-state index contributed by atoms with van der Waals surface area (Å²) in [5.41, 5.74) is 4.89. The lowest BCUT2D eigenvalue weighted by Crippen LogP contribution is -2.23. The Balaban J connectivity index is 1.80. The summed E-state index contributed by atoms with van der Waals surface area (Å²) < 4.78 is 3.07. The van der Waals surface area contributed by atoms with Crippen molar-refractivity contribution >= 4 is 21.8 Å². The van der Waals surface area contributed by atoms with Crippen molar-refractivity contribution in [3.8, 4) is 11.3 Å². The molecule has 4 heteroatoms. The van der Waals surface area contributed by atoms with Crippen LogP contribution in [0.1, 0.15) is 21.6 Å². The fraction of sp³-hybridized carbons (Fsp3) is 0.150. The van der Waals surface area contributed by atoms with Gasteiger partial charge < -0.3 is 9.88 Å². The molecule has 1 amide bonds. The van der Waals surface area contributed by atoms with Crippen LogP contribution in [0.4, 0.5) is 0 Å². The first-order chi connectivity index (χ1) is 11.6. The number of nitrogens with zero attached hydrogens (tertiary/aromatic N) is 1. The van der Waals surface area contributed by atoms with E-state index in [4.69, 9.17) is 0 Å². The summed E-state index contributed by atoms with van der Waals surface area (Å²) in [6.45, 7) is 2.48. The molecule has 3 nitrogen and oxygen atoms in total. The molecule has 0 aliphatic carbocycles. The first kappa shape index (κ1) is 16.5. The molecular formula is C20H19BrN2O. The molecule has 1 N–H and O–H groups in total. The first-order valence-electron chi connectivity index (χ1n) is 7.80. The summed E-state index contributed by atoms with van der Waals surface area (Å²) in [7, 11) is 1.99. The smallest absolute Gasteiger partial charge is 0.253 e. The lowest BCUT2D eigenvalue weighted by molar-refractivity contribution is 0.0950. The molecule has 0 radical (unpaired) electrons. The van der Waals surface area contributed by atoms with Gasteiger partial charge in [-0.2, -0.15) is 0 Å². The normalized spacial score (nSPS) is 10.6. The third kappa shape index (κ3) is 3.44. The molecule has 0 spiro atoms. The number of hydrogen-bond donors (Lipinski definition) is 1. The molecule has 3 aromatic rings. The molecule has 0 aliphatic heterocycles. The average molecular weight is 383 g/mol. The molecule has 0 aliphatic rings. The molecule has 0 bridgehead atoms. The Morgan fingerprint density at radius 3 is 2.54 bits per heavy atom. The highest BCUT2D eigenvalue weighted by Crippen LogP contribution is 2.24. The van der Waals surface area contributed by atoms with Crippen molar-refractivity contribution in [1.29, 1.82) is 0 Å². The van der Waals surface area contributed by atoms with E-state index in [1.54, 1.807) is 0 Å². The van der Waals surface area contributed by atoms with Crippen molar-refractivity contribution in [3.05, 3.63) is 82.0 Å². The van der Waals surface area contributed by atoms with E-state index in [1.807, 2.05) is 62.5 Å².